The Hall–Kier alpha value is -2.57. The highest BCUT2D eigenvalue weighted by Gasteiger charge is 2.36. The second kappa shape index (κ2) is 5.01. The van der Waals surface area contributed by atoms with Crippen LogP contribution in [0.15, 0.2) is 18.8 Å². The molecule has 0 aliphatic carbocycles. The number of rotatable bonds is 2. The van der Waals surface area contributed by atoms with Gasteiger partial charge < -0.3 is 25.1 Å². The second-order valence-corrected chi connectivity index (χ2v) is 4.62. The van der Waals surface area contributed by atoms with Gasteiger partial charge in [-0.2, -0.15) is 4.40 Å². The first-order valence-electron chi connectivity index (χ1n) is 6.18. The summed E-state index contributed by atoms with van der Waals surface area (Å²) in [6, 6.07) is 0. The van der Waals surface area contributed by atoms with Crippen molar-refractivity contribution in [2.75, 3.05) is 12.3 Å². The number of nitrogen functional groups attached to an aromatic ring is 1. The first kappa shape index (κ1) is 14.4. The molecule has 1 aliphatic heterocycles. The molecule has 118 valence electrons. The summed E-state index contributed by atoms with van der Waals surface area (Å²) in [5.74, 6) is -2.20. The third-order valence-corrected chi connectivity index (χ3v) is 3.27. The quantitative estimate of drug-likeness (QED) is 0.502. The fourth-order valence-corrected chi connectivity index (χ4v) is 2.25. The highest BCUT2D eigenvalue weighted by Crippen LogP contribution is 2.26. The lowest BCUT2D eigenvalue weighted by Gasteiger charge is -2.13. The summed E-state index contributed by atoms with van der Waals surface area (Å²) >= 11 is 0. The molecule has 3 rings (SSSR count). The number of aliphatic hydroxyl groups excluding tert-OH is 2. The van der Waals surface area contributed by atoms with Crippen molar-refractivity contribution in [1.29, 1.82) is 0 Å². The summed E-state index contributed by atoms with van der Waals surface area (Å²) in [6.45, 7) is -0.479. The Labute approximate surface area is 120 Å². The minimum Gasteiger partial charge on any atom is -0.394 e. The molecule has 3 atom stereocenters. The molecule has 1 aliphatic rings. The van der Waals surface area contributed by atoms with Crippen LogP contribution in [0, 0.1) is 0 Å². The average Bonchev–Trinajstić information content (AvgIpc) is 2.78. The number of nitrogens with zero attached hydrogens (tertiary/aromatic N) is 4. The van der Waals surface area contributed by atoms with Gasteiger partial charge in [0.2, 0.25) is 5.95 Å². The first-order chi connectivity index (χ1) is 10.4. The predicted octanol–water partition coefficient (Wildman–Crippen LogP) is -3.57. The fraction of sp³-hybridized carbons (Fsp3) is 0.500. The van der Waals surface area contributed by atoms with Crippen molar-refractivity contribution >= 4 is 11.8 Å². The van der Waals surface area contributed by atoms with E-state index in [1.54, 1.807) is 0 Å². The molecular weight excluding hydrogens is 302 g/mol. The number of aromatic nitrogens is 4. The van der Waals surface area contributed by atoms with Gasteiger partial charge in [-0.3, -0.25) is 0 Å². The largest absolute Gasteiger partial charge is 0.444 e. The van der Waals surface area contributed by atoms with E-state index in [0.717, 1.165) is 0 Å². The highest BCUT2D eigenvalue weighted by atomic mass is 16.5. The zero-order chi connectivity index (χ0) is 16.0. The van der Waals surface area contributed by atoms with Gasteiger partial charge in [0.05, 0.1) is 12.7 Å². The normalized spacial score (nSPS) is 24.9. The van der Waals surface area contributed by atoms with Crippen molar-refractivity contribution in [3.05, 3.63) is 31.5 Å². The van der Waals surface area contributed by atoms with Crippen molar-refractivity contribution in [3.8, 4) is 0 Å². The van der Waals surface area contributed by atoms with E-state index in [1.165, 1.54) is 0 Å². The van der Waals surface area contributed by atoms with Crippen LogP contribution in [0.1, 0.15) is 12.6 Å². The van der Waals surface area contributed by atoms with Gasteiger partial charge in [0, 0.05) is 6.42 Å². The maximum Gasteiger partial charge on any atom is 0.444 e. The number of aliphatic hydroxyl groups is 2. The van der Waals surface area contributed by atoms with E-state index in [9.17, 15) is 19.5 Å². The summed E-state index contributed by atoms with van der Waals surface area (Å²) in [7, 11) is 0. The van der Waals surface area contributed by atoms with Crippen LogP contribution >= 0.6 is 0 Å². The van der Waals surface area contributed by atoms with Crippen molar-refractivity contribution in [3.63, 3.8) is 0 Å². The molecule has 12 heteroatoms. The van der Waals surface area contributed by atoms with Gasteiger partial charge in [0.1, 0.15) is 12.3 Å². The maximum atomic E-state index is 12.3. The Morgan fingerprint density at radius 1 is 1.32 bits per heavy atom. The topological polar surface area (TPSA) is 175 Å². The summed E-state index contributed by atoms with van der Waals surface area (Å²) in [5.41, 5.74) is 3.43. The Bertz CT molecular complexity index is 899. The van der Waals surface area contributed by atoms with Gasteiger partial charge in [-0.25, -0.2) is 19.0 Å². The molecule has 1 fully saturated rings. The van der Waals surface area contributed by atoms with Crippen molar-refractivity contribution in [2.45, 2.75) is 24.9 Å². The minimum atomic E-state index is -1.14. The summed E-state index contributed by atoms with van der Waals surface area (Å²) < 4.78 is 11.0. The molecule has 0 saturated carbocycles. The van der Waals surface area contributed by atoms with Crippen molar-refractivity contribution in [1.82, 2.24) is 18.9 Å². The molecule has 0 amide bonds. The number of hydrogen-bond acceptors (Lipinski definition) is 10. The van der Waals surface area contributed by atoms with E-state index in [-0.39, 0.29) is 6.42 Å². The lowest BCUT2D eigenvalue weighted by Crippen LogP contribution is -2.43. The SMILES string of the molecule is Nc1nc(=O)oc2nc(=O)n([C@H]3C[C@H](O)[C@@H](CO)O3)c(=O)n12. The van der Waals surface area contributed by atoms with Gasteiger partial charge in [0.25, 0.3) is 0 Å². The van der Waals surface area contributed by atoms with E-state index in [1.807, 2.05) is 0 Å². The number of hydrogen-bond donors (Lipinski definition) is 3. The van der Waals surface area contributed by atoms with Gasteiger partial charge in [-0.15, -0.1) is 9.97 Å². The second-order valence-electron chi connectivity index (χ2n) is 4.62. The number of anilines is 1. The van der Waals surface area contributed by atoms with E-state index in [4.69, 9.17) is 15.6 Å². The van der Waals surface area contributed by atoms with E-state index >= 15 is 0 Å². The zero-order valence-electron chi connectivity index (χ0n) is 10.9. The Balaban J connectivity index is 2.22. The Kier molecular flexibility index (Phi) is 3.27. The molecule has 0 bridgehead atoms. The summed E-state index contributed by atoms with van der Waals surface area (Å²) in [4.78, 5) is 42.1. The third kappa shape index (κ3) is 2.09. The standard InChI is InChI=1S/C10H11N5O7/c11-6-12-9(19)22-8-13-7(18)14(10(20)15(6)8)5-1-3(17)4(2-16)21-5/h3-5,16-17H,1-2H2,(H2,11,12,19)/t3-,4+,5+/m0/s1. The molecule has 3 heterocycles. The Morgan fingerprint density at radius 3 is 2.68 bits per heavy atom. The van der Waals surface area contributed by atoms with Crippen LogP contribution in [0.2, 0.25) is 0 Å². The summed E-state index contributed by atoms with van der Waals surface area (Å²) in [5, 5.41) is 18.7. The first-order valence-corrected chi connectivity index (χ1v) is 6.18. The molecule has 12 nitrogen and oxygen atoms in total. The van der Waals surface area contributed by atoms with E-state index in [2.05, 4.69) is 14.4 Å². The predicted molar refractivity (Wildman–Crippen MR) is 68.1 cm³/mol. The van der Waals surface area contributed by atoms with Crippen molar-refractivity contribution < 1.29 is 19.4 Å². The van der Waals surface area contributed by atoms with Gasteiger partial charge in [0.15, 0.2) is 0 Å². The fourth-order valence-electron chi connectivity index (χ4n) is 2.25. The van der Waals surface area contributed by atoms with E-state index < -0.39 is 54.0 Å². The molecule has 1 saturated heterocycles. The molecule has 0 spiro atoms. The van der Waals surface area contributed by atoms with Crippen LogP contribution in [0.4, 0.5) is 5.95 Å². The van der Waals surface area contributed by atoms with Crippen LogP contribution in [0.3, 0.4) is 0 Å². The zero-order valence-corrected chi connectivity index (χ0v) is 10.9. The van der Waals surface area contributed by atoms with Crippen molar-refractivity contribution in [2.24, 2.45) is 0 Å². The molecule has 0 aromatic carbocycles. The van der Waals surface area contributed by atoms with Crippen LogP contribution in [0.5, 0.6) is 0 Å². The lowest BCUT2D eigenvalue weighted by molar-refractivity contribution is -0.0475. The van der Waals surface area contributed by atoms with Crippen LogP contribution < -0.4 is 22.9 Å². The third-order valence-electron chi connectivity index (χ3n) is 3.27. The van der Waals surface area contributed by atoms with E-state index in [0.29, 0.717) is 8.97 Å². The lowest BCUT2D eigenvalue weighted by atomic mass is 10.2. The maximum absolute atomic E-state index is 12.3. The smallest absolute Gasteiger partial charge is 0.394 e. The molecular formula is C10H11N5O7. The number of fused-ring (bicyclic) bond motifs is 1. The minimum absolute atomic E-state index is 0.0990. The average molecular weight is 313 g/mol. The van der Waals surface area contributed by atoms with Gasteiger partial charge in [-0.05, 0) is 0 Å². The molecule has 2 aromatic rings. The van der Waals surface area contributed by atoms with Crippen LogP contribution in [0.25, 0.3) is 5.84 Å². The molecule has 22 heavy (non-hydrogen) atoms. The van der Waals surface area contributed by atoms with Crippen LogP contribution in [-0.4, -0.2) is 48.0 Å². The number of ether oxygens (including phenoxy) is 1. The molecule has 0 radical (unpaired) electrons. The van der Waals surface area contributed by atoms with Crippen LogP contribution in [-0.2, 0) is 4.74 Å². The highest BCUT2D eigenvalue weighted by molar-refractivity contribution is 5.29. The molecule has 4 N–H and O–H groups in total. The van der Waals surface area contributed by atoms with Gasteiger partial charge >= 0.3 is 23.0 Å². The molecule has 2 aromatic heterocycles. The number of nitrogens with two attached hydrogens (primary N) is 1. The monoisotopic (exact) mass is 313 g/mol. The Morgan fingerprint density at radius 2 is 2.05 bits per heavy atom. The van der Waals surface area contributed by atoms with Gasteiger partial charge in [-0.1, -0.05) is 0 Å². The molecule has 0 unspecified atom stereocenters. The summed E-state index contributed by atoms with van der Waals surface area (Å²) in [6.07, 6.45) is -3.21.